The molecule has 0 atom stereocenters. The van der Waals surface area contributed by atoms with Gasteiger partial charge >= 0.3 is 0 Å². The maximum Gasteiger partial charge on any atom is 0.274 e. The van der Waals surface area contributed by atoms with E-state index in [9.17, 15) is 4.79 Å². The predicted octanol–water partition coefficient (Wildman–Crippen LogP) is -0.554. The Kier molecular flexibility index (Phi) is 3.00. The Morgan fingerprint density at radius 2 is 2.00 bits per heavy atom. The van der Waals surface area contributed by atoms with E-state index in [1.807, 2.05) is 7.05 Å². The molecular formula is C10H15N5O. The van der Waals surface area contributed by atoms with Crippen LogP contribution in [-0.4, -0.2) is 58.9 Å². The van der Waals surface area contributed by atoms with Gasteiger partial charge in [-0.05, 0) is 7.05 Å². The summed E-state index contributed by atoms with van der Waals surface area (Å²) in [5.74, 6) is 0.188. The SMILES string of the molecule is CN1CCN(C(=O)c2cncc(N)n2)CC1. The normalized spacial score (nSPS) is 17.4. The molecule has 0 aromatic carbocycles. The number of hydrogen-bond donors (Lipinski definition) is 1. The summed E-state index contributed by atoms with van der Waals surface area (Å²) in [5, 5.41) is 0. The number of anilines is 1. The quantitative estimate of drug-likeness (QED) is 0.688. The Balaban J connectivity index is 2.08. The first kappa shape index (κ1) is 10.8. The highest BCUT2D eigenvalue weighted by Gasteiger charge is 2.21. The van der Waals surface area contributed by atoms with E-state index in [-0.39, 0.29) is 11.7 Å². The molecule has 0 bridgehead atoms. The van der Waals surface area contributed by atoms with Crippen molar-refractivity contribution in [3.8, 4) is 0 Å². The first-order chi connectivity index (χ1) is 7.66. The zero-order valence-electron chi connectivity index (χ0n) is 9.26. The molecule has 0 unspecified atom stereocenters. The monoisotopic (exact) mass is 221 g/mol. The molecule has 1 saturated heterocycles. The molecule has 0 aliphatic carbocycles. The molecule has 0 saturated carbocycles. The van der Waals surface area contributed by atoms with Gasteiger partial charge in [-0.2, -0.15) is 0 Å². The second-order valence-electron chi connectivity index (χ2n) is 3.92. The molecule has 2 rings (SSSR count). The van der Waals surface area contributed by atoms with Crippen molar-refractivity contribution in [2.45, 2.75) is 0 Å². The minimum absolute atomic E-state index is 0.0899. The molecule has 1 aromatic heterocycles. The molecule has 1 amide bonds. The second kappa shape index (κ2) is 4.44. The summed E-state index contributed by atoms with van der Waals surface area (Å²) in [6.07, 6.45) is 2.89. The van der Waals surface area contributed by atoms with Crippen molar-refractivity contribution in [2.24, 2.45) is 0 Å². The highest BCUT2D eigenvalue weighted by Crippen LogP contribution is 2.06. The van der Waals surface area contributed by atoms with E-state index < -0.39 is 0 Å². The van der Waals surface area contributed by atoms with Crippen molar-refractivity contribution in [1.82, 2.24) is 19.8 Å². The van der Waals surface area contributed by atoms with E-state index in [0.717, 1.165) is 26.2 Å². The van der Waals surface area contributed by atoms with E-state index in [4.69, 9.17) is 5.73 Å². The Morgan fingerprint density at radius 1 is 1.31 bits per heavy atom. The Labute approximate surface area is 94.1 Å². The number of amides is 1. The third-order valence-corrected chi connectivity index (χ3v) is 2.66. The van der Waals surface area contributed by atoms with Gasteiger partial charge in [-0.1, -0.05) is 0 Å². The van der Waals surface area contributed by atoms with Crippen LogP contribution in [0.25, 0.3) is 0 Å². The average Bonchev–Trinajstić information content (AvgIpc) is 2.29. The van der Waals surface area contributed by atoms with Gasteiger partial charge in [0.2, 0.25) is 0 Å². The summed E-state index contributed by atoms with van der Waals surface area (Å²) in [4.78, 5) is 23.8. The smallest absolute Gasteiger partial charge is 0.274 e. The molecule has 2 heterocycles. The number of carbonyl (C=O) groups is 1. The number of rotatable bonds is 1. The number of piperazine rings is 1. The summed E-state index contributed by atoms with van der Waals surface area (Å²) in [5.41, 5.74) is 5.82. The lowest BCUT2D eigenvalue weighted by Gasteiger charge is -2.32. The lowest BCUT2D eigenvalue weighted by atomic mass is 10.3. The van der Waals surface area contributed by atoms with Gasteiger partial charge < -0.3 is 15.5 Å². The van der Waals surface area contributed by atoms with Crippen molar-refractivity contribution >= 4 is 11.7 Å². The van der Waals surface area contributed by atoms with Gasteiger partial charge in [-0.3, -0.25) is 9.78 Å². The first-order valence-corrected chi connectivity index (χ1v) is 5.22. The number of carbonyl (C=O) groups excluding carboxylic acids is 1. The van der Waals surface area contributed by atoms with Crippen LogP contribution in [0.5, 0.6) is 0 Å². The third kappa shape index (κ3) is 2.27. The fraction of sp³-hybridized carbons (Fsp3) is 0.500. The number of likely N-dealkylation sites (N-methyl/N-ethyl adjacent to an activating group) is 1. The number of hydrogen-bond acceptors (Lipinski definition) is 5. The van der Waals surface area contributed by atoms with Crippen molar-refractivity contribution < 1.29 is 4.79 Å². The highest BCUT2D eigenvalue weighted by atomic mass is 16.2. The topological polar surface area (TPSA) is 75.3 Å². The van der Waals surface area contributed by atoms with Crippen LogP contribution >= 0.6 is 0 Å². The second-order valence-corrected chi connectivity index (χ2v) is 3.92. The van der Waals surface area contributed by atoms with Crippen LogP contribution in [0.15, 0.2) is 12.4 Å². The van der Waals surface area contributed by atoms with Crippen LogP contribution in [0.2, 0.25) is 0 Å². The van der Waals surface area contributed by atoms with Crippen molar-refractivity contribution in [2.75, 3.05) is 39.0 Å². The van der Waals surface area contributed by atoms with E-state index in [1.165, 1.54) is 12.4 Å². The molecule has 1 aliphatic heterocycles. The zero-order valence-corrected chi connectivity index (χ0v) is 9.26. The van der Waals surface area contributed by atoms with Crippen LogP contribution in [0.4, 0.5) is 5.82 Å². The van der Waals surface area contributed by atoms with Gasteiger partial charge in [0.15, 0.2) is 0 Å². The summed E-state index contributed by atoms with van der Waals surface area (Å²) in [6, 6.07) is 0. The molecule has 2 N–H and O–H groups in total. The van der Waals surface area contributed by atoms with E-state index in [2.05, 4.69) is 14.9 Å². The van der Waals surface area contributed by atoms with Crippen molar-refractivity contribution in [3.05, 3.63) is 18.1 Å². The van der Waals surface area contributed by atoms with Gasteiger partial charge in [-0.25, -0.2) is 4.98 Å². The number of aromatic nitrogens is 2. The molecule has 6 heteroatoms. The fourth-order valence-electron chi connectivity index (χ4n) is 1.66. The Morgan fingerprint density at radius 3 is 2.62 bits per heavy atom. The summed E-state index contributed by atoms with van der Waals surface area (Å²) in [6.45, 7) is 3.24. The zero-order chi connectivity index (χ0) is 11.5. The first-order valence-electron chi connectivity index (χ1n) is 5.22. The molecule has 0 spiro atoms. The maximum atomic E-state index is 12.0. The Bertz CT molecular complexity index is 387. The van der Waals surface area contributed by atoms with Crippen LogP contribution < -0.4 is 5.73 Å². The lowest BCUT2D eigenvalue weighted by Crippen LogP contribution is -2.47. The summed E-state index contributed by atoms with van der Waals surface area (Å²) >= 11 is 0. The van der Waals surface area contributed by atoms with E-state index in [0.29, 0.717) is 5.69 Å². The third-order valence-electron chi connectivity index (χ3n) is 2.66. The molecule has 1 aromatic rings. The minimum atomic E-state index is -0.0899. The number of nitrogen functional groups attached to an aromatic ring is 1. The minimum Gasteiger partial charge on any atom is -0.382 e. The van der Waals surface area contributed by atoms with Gasteiger partial charge in [0, 0.05) is 26.2 Å². The Hall–Kier alpha value is -1.69. The van der Waals surface area contributed by atoms with Crippen LogP contribution in [-0.2, 0) is 0 Å². The average molecular weight is 221 g/mol. The molecule has 1 aliphatic rings. The van der Waals surface area contributed by atoms with Gasteiger partial charge in [-0.15, -0.1) is 0 Å². The molecule has 0 radical (unpaired) electrons. The fourth-order valence-corrected chi connectivity index (χ4v) is 1.66. The molecule has 16 heavy (non-hydrogen) atoms. The molecule has 86 valence electrons. The molecular weight excluding hydrogens is 206 g/mol. The van der Waals surface area contributed by atoms with Gasteiger partial charge in [0.25, 0.3) is 5.91 Å². The van der Waals surface area contributed by atoms with Gasteiger partial charge in [0.1, 0.15) is 11.5 Å². The summed E-state index contributed by atoms with van der Waals surface area (Å²) in [7, 11) is 2.04. The number of nitrogens with two attached hydrogens (primary N) is 1. The van der Waals surface area contributed by atoms with Crippen LogP contribution in [0.3, 0.4) is 0 Å². The van der Waals surface area contributed by atoms with Crippen molar-refractivity contribution in [3.63, 3.8) is 0 Å². The van der Waals surface area contributed by atoms with E-state index in [1.54, 1.807) is 4.90 Å². The maximum absolute atomic E-state index is 12.0. The van der Waals surface area contributed by atoms with Gasteiger partial charge in [0.05, 0.1) is 12.4 Å². The highest BCUT2D eigenvalue weighted by molar-refractivity contribution is 5.92. The van der Waals surface area contributed by atoms with Crippen LogP contribution in [0.1, 0.15) is 10.5 Å². The largest absolute Gasteiger partial charge is 0.382 e. The van der Waals surface area contributed by atoms with Crippen LogP contribution in [0, 0.1) is 0 Å². The lowest BCUT2D eigenvalue weighted by molar-refractivity contribution is 0.0658. The number of nitrogens with zero attached hydrogens (tertiary/aromatic N) is 4. The predicted molar refractivity (Wildman–Crippen MR) is 59.8 cm³/mol. The standard InChI is InChI=1S/C10H15N5O/c1-14-2-4-15(5-3-14)10(16)8-6-12-7-9(11)13-8/h6-7H,2-5H2,1H3,(H2,11,13). The summed E-state index contributed by atoms with van der Waals surface area (Å²) < 4.78 is 0. The molecule has 6 nitrogen and oxygen atoms in total. The van der Waals surface area contributed by atoms with Crippen molar-refractivity contribution in [1.29, 1.82) is 0 Å². The molecule has 1 fully saturated rings. The van der Waals surface area contributed by atoms with E-state index >= 15 is 0 Å².